The Labute approximate surface area is 149 Å². The molecule has 1 fully saturated rings. The zero-order valence-electron chi connectivity index (χ0n) is 14.9. The molecule has 25 heavy (non-hydrogen) atoms. The molecule has 0 radical (unpaired) electrons. The third-order valence-electron chi connectivity index (χ3n) is 4.60. The Kier molecular flexibility index (Phi) is 5.59. The number of amides is 1. The van der Waals surface area contributed by atoms with Crippen molar-refractivity contribution in [1.29, 1.82) is 0 Å². The summed E-state index contributed by atoms with van der Waals surface area (Å²) in [7, 11) is 3.30. The number of hydrogen-bond acceptors (Lipinski definition) is 3. The Morgan fingerprint density at radius 3 is 2.48 bits per heavy atom. The first-order chi connectivity index (χ1) is 12.2. The van der Waals surface area contributed by atoms with Gasteiger partial charge in [0, 0.05) is 19.0 Å². The van der Waals surface area contributed by atoms with E-state index in [1.807, 2.05) is 41.3 Å². The van der Waals surface area contributed by atoms with Crippen LogP contribution in [0.1, 0.15) is 30.4 Å². The van der Waals surface area contributed by atoms with Crippen molar-refractivity contribution in [3.8, 4) is 11.5 Å². The Hall–Kier alpha value is -2.49. The largest absolute Gasteiger partial charge is 0.497 e. The highest BCUT2D eigenvalue weighted by atomic mass is 16.5. The zero-order valence-corrected chi connectivity index (χ0v) is 14.9. The third-order valence-corrected chi connectivity index (χ3v) is 4.60. The molecular weight excluding hydrogens is 314 g/mol. The zero-order chi connectivity index (χ0) is 17.6. The first-order valence-corrected chi connectivity index (χ1v) is 8.75. The molecule has 4 nitrogen and oxygen atoms in total. The van der Waals surface area contributed by atoms with Crippen LogP contribution in [0.3, 0.4) is 0 Å². The summed E-state index contributed by atoms with van der Waals surface area (Å²) in [6.45, 7) is 0.694. The van der Waals surface area contributed by atoms with Gasteiger partial charge in [-0.2, -0.15) is 0 Å². The van der Waals surface area contributed by atoms with Crippen molar-refractivity contribution in [3.05, 3.63) is 59.7 Å². The van der Waals surface area contributed by atoms with Gasteiger partial charge in [-0.05, 0) is 48.6 Å². The van der Waals surface area contributed by atoms with Crippen molar-refractivity contribution in [1.82, 2.24) is 4.90 Å². The Morgan fingerprint density at radius 1 is 1.08 bits per heavy atom. The SMILES string of the molecule is COc1ccc(OC)c(CCC(=O)N(Cc2ccccc2)C2CC2)c1. The summed E-state index contributed by atoms with van der Waals surface area (Å²) < 4.78 is 10.7. The van der Waals surface area contributed by atoms with Gasteiger partial charge < -0.3 is 14.4 Å². The molecule has 1 saturated carbocycles. The van der Waals surface area contributed by atoms with E-state index in [0.717, 1.165) is 29.9 Å². The van der Waals surface area contributed by atoms with Gasteiger partial charge >= 0.3 is 0 Å². The van der Waals surface area contributed by atoms with Crippen molar-refractivity contribution < 1.29 is 14.3 Å². The minimum absolute atomic E-state index is 0.205. The second-order valence-corrected chi connectivity index (χ2v) is 6.42. The smallest absolute Gasteiger partial charge is 0.223 e. The normalized spacial score (nSPS) is 13.4. The minimum atomic E-state index is 0.205. The van der Waals surface area contributed by atoms with Gasteiger partial charge in [0.1, 0.15) is 11.5 Å². The molecule has 0 heterocycles. The topological polar surface area (TPSA) is 38.8 Å². The molecule has 3 rings (SSSR count). The lowest BCUT2D eigenvalue weighted by Crippen LogP contribution is -2.32. The quantitative estimate of drug-likeness (QED) is 0.734. The molecule has 1 amide bonds. The fourth-order valence-electron chi connectivity index (χ4n) is 3.05. The lowest BCUT2D eigenvalue weighted by molar-refractivity contribution is -0.132. The molecule has 0 saturated heterocycles. The van der Waals surface area contributed by atoms with E-state index in [1.54, 1.807) is 14.2 Å². The van der Waals surface area contributed by atoms with Crippen LogP contribution in [0.25, 0.3) is 0 Å². The maximum Gasteiger partial charge on any atom is 0.223 e. The summed E-state index contributed by atoms with van der Waals surface area (Å²) in [5.41, 5.74) is 2.19. The molecule has 1 aliphatic rings. The summed E-state index contributed by atoms with van der Waals surface area (Å²) in [5.74, 6) is 1.79. The highest BCUT2D eigenvalue weighted by molar-refractivity contribution is 5.77. The highest BCUT2D eigenvalue weighted by Gasteiger charge is 2.32. The van der Waals surface area contributed by atoms with Crippen LogP contribution < -0.4 is 9.47 Å². The molecule has 0 N–H and O–H groups in total. The van der Waals surface area contributed by atoms with Crippen LogP contribution in [0, 0.1) is 0 Å². The van der Waals surface area contributed by atoms with Gasteiger partial charge in [-0.15, -0.1) is 0 Å². The Bertz CT molecular complexity index is 710. The average Bonchev–Trinajstić information content (AvgIpc) is 3.49. The van der Waals surface area contributed by atoms with Crippen LogP contribution in [0.4, 0.5) is 0 Å². The fraction of sp³-hybridized carbons (Fsp3) is 0.381. The van der Waals surface area contributed by atoms with E-state index < -0.39 is 0 Å². The number of nitrogens with zero attached hydrogens (tertiary/aromatic N) is 1. The van der Waals surface area contributed by atoms with Crippen molar-refractivity contribution in [2.24, 2.45) is 0 Å². The number of aryl methyl sites for hydroxylation is 1. The van der Waals surface area contributed by atoms with Crippen LogP contribution in [0.2, 0.25) is 0 Å². The van der Waals surface area contributed by atoms with Gasteiger partial charge in [-0.3, -0.25) is 4.79 Å². The standard InChI is InChI=1S/C21H25NO3/c1-24-19-11-12-20(25-2)17(14-19)8-13-21(23)22(18-9-10-18)15-16-6-4-3-5-7-16/h3-7,11-12,14,18H,8-10,13,15H2,1-2H3. The molecule has 2 aromatic carbocycles. The maximum atomic E-state index is 12.8. The van der Waals surface area contributed by atoms with E-state index in [-0.39, 0.29) is 5.91 Å². The minimum Gasteiger partial charge on any atom is -0.497 e. The summed E-state index contributed by atoms with van der Waals surface area (Å²) in [6.07, 6.45) is 3.35. The van der Waals surface area contributed by atoms with Gasteiger partial charge in [0.15, 0.2) is 0 Å². The highest BCUT2D eigenvalue weighted by Crippen LogP contribution is 2.30. The molecule has 132 valence electrons. The molecule has 1 aliphatic carbocycles. The Morgan fingerprint density at radius 2 is 1.84 bits per heavy atom. The van der Waals surface area contributed by atoms with Gasteiger partial charge in [0.2, 0.25) is 5.91 Å². The van der Waals surface area contributed by atoms with Crippen molar-refractivity contribution in [3.63, 3.8) is 0 Å². The van der Waals surface area contributed by atoms with Crippen LogP contribution in [-0.4, -0.2) is 31.1 Å². The van der Waals surface area contributed by atoms with E-state index >= 15 is 0 Å². The third kappa shape index (κ3) is 4.53. The number of methoxy groups -OCH3 is 2. The monoisotopic (exact) mass is 339 g/mol. The van der Waals surface area contributed by atoms with Crippen LogP contribution >= 0.6 is 0 Å². The Balaban J connectivity index is 1.66. The predicted molar refractivity (Wildman–Crippen MR) is 97.9 cm³/mol. The number of ether oxygens (including phenoxy) is 2. The number of carbonyl (C=O) groups is 1. The van der Waals surface area contributed by atoms with E-state index in [2.05, 4.69) is 12.1 Å². The molecule has 0 aromatic heterocycles. The number of rotatable bonds is 8. The number of carbonyl (C=O) groups excluding carboxylic acids is 1. The van der Waals surface area contributed by atoms with Gasteiger partial charge in [0.05, 0.1) is 14.2 Å². The van der Waals surface area contributed by atoms with Crippen molar-refractivity contribution >= 4 is 5.91 Å². The first kappa shape index (κ1) is 17.3. The van der Waals surface area contributed by atoms with Crippen LogP contribution in [0.5, 0.6) is 11.5 Å². The molecule has 2 aromatic rings. The van der Waals surface area contributed by atoms with Crippen LogP contribution in [-0.2, 0) is 17.8 Å². The average molecular weight is 339 g/mol. The molecule has 0 aliphatic heterocycles. The predicted octanol–water partition coefficient (Wildman–Crippen LogP) is 3.83. The molecule has 0 unspecified atom stereocenters. The summed E-state index contributed by atoms with van der Waals surface area (Å²) in [5, 5.41) is 0. The van der Waals surface area contributed by atoms with E-state index in [0.29, 0.717) is 25.4 Å². The number of benzene rings is 2. The van der Waals surface area contributed by atoms with Gasteiger partial charge in [0.25, 0.3) is 0 Å². The van der Waals surface area contributed by atoms with E-state index in [9.17, 15) is 4.79 Å². The van der Waals surface area contributed by atoms with Gasteiger partial charge in [-0.1, -0.05) is 30.3 Å². The van der Waals surface area contributed by atoms with E-state index in [4.69, 9.17) is 9.47 Å². The number of hydrogen-bond donors (Lipinski definition) is 0. The second kappa shape index (κ2) is 8.06. The second-order valence-electron chi connectivity index (χ2n) is 6.42. The van der Waals surface area contributed by atoms with Crippen molar-refractivity contribution in [2.75, 3.05) is 14.2 Å². The summed E-state index contributed by atoms with van der Waals surface area (Å²) >= 11 is 0. The molecule has 0 bridgehead atoms. The maximum absolute atomic E-state index is 12.8. The molecule has 4 heteroatoms. The first-order valence-electron chi connectivity index (χ1n) is 8.75. The van der Waals surface area contributed by atoms with Crippen molar-refractivity contribution in [2.45, 2.75) is 38.3 Å². The summed E-state index contributed by atoms with van der Waals surface area (Å²) in [4.78, 5) is 14.8. The molecule has 0 spiro atoms. The lowest BCUT2D eigenvalue weighted by Gasteiger charge is -2.23. The van der Waals surface area contributed by atoms with Crippen LogP contribution in [0.15, 0.2) is 48.5 Å². The molecular formula is C21H25NO3. The summed E-state index contributed by atoms with van der Waals surface area (Å²) in [6, 6.07) is 16.3. The van der Waals surface area contributed by atoms with E-state index in [1.165, 1.54) is 5.56 Å². The molecule has 0 atom stereocenters. The fourth-order valence-corrected chi connectivity index (χ4v) is 3.05. The lowest BCUT2D eigenvalue weighted by atomic mass is 10.1. The van der Waals surface area contributed by atoms with Gasteiger partial charge in [-0.25, -0.2) is 0 Å².